The third-order valence-electron chi connectivity index (χ3n) is 4.75. The van der Waals surface area contributed by atoms with E-state index in [1.807, 2.05) is 40.7 Å². The fourth-order valence-corrected chi connectivity index (χ4v) is 4.61. The van der Waals surface area contributed by atoms with Crippen LogP contribution in [0.3, 0.4) is 0 Å². The molecule has 1 amide bonds. The number of hydrogen-bond donors (Lipinski definition) is 1. The number of phenols is 1. The maximum atomic E-state index is 12.8. The first kappa shape index (κ1) is 19.0. The lowest BCUT2D eigenvalue weighted by molar-refractivity contribution is -0.116. The number of aromatic nitrogens is 3. The van der Waals surface area contributed by atoms with Gasteiger partial charge in [0, 0.05) is 23.2 Å². The Labute approximate surface area is 175 Å². The summed E-state index contributed by atoms with van der Waals surface area (Å²) in [4.78, 5) is 14.6. The predicted molar refractivity (Wildman–Crippen MR) is 114 cm³/mol. The SMILES string of the molecule is CCn1c(SCC(=O)N2CCc3ccccc32)nnc1-c1cc(Br)ccc1O. The molecule has 3 aromatic rings. The molecule has 0 aliphatic carbocycles. The van der Waals surface area contributed by atoms with Gasteiger partial charge in [0.05, 0.1) is 11.3 Å². The molecule has 0 spiro atoms. The Kier molecular flexibility index (Phi) is 5.41. The molecule has 0 atom stereocenters. The van der Waals surface area contributed by atoms with Crippen LogP contribution in [0.25, 0.3) is 11.4 Å². The van der Waals surface area contributed by atoms with Gasteiger partial charge in [-0.05, 0) is 43.2 Å². The molecule has 2 aromatic carbocycles. The molecule has 0 fully saturated rings. The number of hydrogen-bond acceptors (Lipinski definition) is 5. The first-order valence-electron chi connectivity index (χ1n) is 9.01. The predicted octanol–water partition coefficient (Wildman–Crippen LogP) is 4.11. The van der Waals surface area contributed by atoms with Crippen molar-refractivity contribution in [3.63, 3.8) is 0 Å². The maximum Gasteiger partial charge on any atom is 0.237 e. The van der Waals surface area contributed by atoms with Crippen LogP contribution in [-0.2, 0) is 17.8 Å². The van der Waals surface area contributed by atoms with Gasteiger partial charge in [-0.25, -0.2) is 0 Å². The van der Waals surface area contributed by atoms with Crippen molar-refractivity contribution < 1.29 is 9.90 Å². The van der Waals surface area contributed by atoms with E-state index in [0.29, 0.717) is 23.1 Å². The Morgan fingerprint density at radius 2 is 2.07 bits per heavy atom. The molecule has 1 N–H and O–H groups in total. The van der Waals surface area contributed by atoms with E-state index in [1.165, 1.54) is 17.3 Å². The number of carbonyl (C=O) groups is 1. The molecule has 0 saturated carbocycles. The van der Waals surface area contributed by atoms with Crippen LogP contribution < -0.4 is 4.90 Å². The number of rotatable bonds is 5. The van der Waals surface area contributed by atoms with Crippen molar-refractivity contribution in [2.75, 3.05) is 17.2 Å². The summed E-state index contributed by atoms with van der Waals surface area (Å²) in [5, 5.41) is 19.4. The number of amides is 1. The second kappa shape index (κ2) is 7.97. The number of fused-ring (bicyclic) bond motifs is 1. The van der Waals surface area contributed by atoms with Crippen LogP contribution in [0.2, 0.25) is 0 Å². The Morgan fingerprint density at radius 3 is 2.89 bits per heavy atom. The summed E-state index contributed by atoms with van der Waals surface area (Å²) >= 11 is 4.80. The second-order valence-electron chi connectivity index (χ2n) is 6.42. The Bertz CT molecular complexity index is 1040. The average molecular weight is 459 g/mol. The fraction of sp³-hybridized carbons (Fsp3) is 0.250. The van der Waals surface area contributed by atoms with E-state index in [4.69, 9.17) is 0 Å². The zero-order valence-electron chi connectivity index (χ0n) is 15.3. The van der Waals surface area contributed by atoms with Crippen molar-refractivity contribution in [1.29, 1.82) is 0 Å². The van der Waals surface area contributed by atoms with Gasteiger partial charge in [-0.1, -0.05) is 45.9 Å². The minimum absolute atomic E-state index is 0.0625. The van der Waals surface area contributed by atoms with Crippen molar-refractivity contribution in [2.45, 2.75) is 25.0 Å². The highest BCUT2D eigenvalue weighted by Crippen LogP contribution is 2.33. The lowest BCUT2D eigenvalue weighted by atomic mass is 10.2. The number of benzene rings is 2. The van der Waals surface area contributed by atoms with E-state index in [0.717, 1.165) is 23.1 Å². The molecular weight excluding hydrogens is 440 g/mol. The van der Waals surface area contributed by atoms with E-state index in [2.05, 4.69) is 32.2 Å². The minimum Gasteiger partial charge on any atom is -0.507 e. The third-order valence-corrected chi connectivity index (χ3v) is 6.19. The highest BCUT2D eigenvalue weighted by Gasteiger charge is 2.25. The zero-order chi connectivity index (χ0) is 19.7. The second-order valence-corrected chi connectivity index (χ2v) is 8.28. The van der Waals surface area contributed by atoms with Gasteiger partial charge in [-0.3, -0.25) is 4.79 Å². The largest absolute Gasteiger partial charge is 0.507 e. The van der Waals surface area contributed by atoms with Gasteiger partial charge >= 0.3 is 0 Å². The Morgan fingerprint density at radius 1 is 1.25 bits per heavy atom. The molecule has 2 heterocycles. The van der Waals surface area contributed by atoms with Crippen molar-refractivity contribution >= 4 is 39.3 Å². The van der Waals surface area contributed by atoms with Gasteiger partial charge in [0.1, 0.15) is 5.75 Å². The quantitative estimate of drug-likeness (QED) is 0.582. The molecule has 0 radical (unpaired) electrons. The van der Waals surface area contributed by atoms with Crippen molar-refractivity contribution in [3.05, 3.63) is 52.5 Å². The molecule has 6 nitrogen and oxygen atoms in total. The van der Waals surface area contributed by atoms with Gasteiger partial charge < -0.3 is 14.6 Å². The van der Waals surface area contributed by atoms with E-state index in [-0.39, 0.29) is 17.4 Å². The molecule has 1 aliphatic rings. The Balaban J connectivity index is 1.53. The topological polar surface area (TPSA) is 71.2 Å². The van der Waals surface area contributed by atoms with E-state index in [1.54, 1.807) is 12.1 Å². The maximum absolute atomic E-state index is 12.8. The molecule has 0 saturated heterocycles. The number of anilines is 1. The monoisotopic (exact) mass is 458 g/mol. The number of carbonyl (C=O) groups excluding carboxylic acids is 1. The zero-order valence-corrected chi connectivity index (χ0v) is 17.7. The highest BCUT2D eigenvalue weighted by molar-refractivity contribution is 9.10. The molecule has 144 valence electrons. The van der Waals surface area contributed by atoms with Gasteiger partial charge in [0.25, 0.3) is 0 Å². The first-order chi connectivity index (χ1) is 13.6. The highest BCUT2D eigenvalue weighted by atomic mass is 79.9. The van der Waals surface area contributed by atoms with Gasteiger partial charge in [-0.2, -0.15) is 0 Å². The van der Waals surface area contributed by atoms with Gasteiger partial charge in [0.15, 0.2) is 11.0 Å². The summed E-state index contributed by atoms with van der Waals surface area (Å²) < 4.78 is 2.76. The number of nitrogens with zero attached hydrogens (tertiary/aromatic N) is 4. The summed E-state index contributed by atoms with van der Waals surface area (Å²) in [5.74, 6) is 1.08. The molecule has 8 heteroatoms. The molecule has 0 unspecified atom stereocenters. The molecule has 1 aromatic heterocycles. The summed E-state index contributed by atoms with van der Waals surface area (Å²) in [6, 6.07) is 13.2. The normalized spacial score (nSPS) is 13.0. The molecular formula is C20H19BrN4O2S. The number of thioether (sulfide) groups is 1. The van der Waals surface area contributed by atoms with Crippen LogP contribution in [0, 0.1) is 0 Å². The number of para-hydroxylation sites is 1. The van der Waals surface area contributed by atoms with Crippen LogP contribution >= 0.6 is 27.7 Å². The van der Waals surface area contributed by atoms with E-state index >= 15 is 0 Å². The van der Waals surface area contributed by atoms with Crippen LogP contribution in [0.1, 0.15) is 12.5 Å². The molecule has 28 heavy (non-hydrogen) atoms. The fourth-order valence-electron chi connectivity index (χ4n) is 3.37. The average Bonchev–Trinajstić information content (AvgIpc) is 3.31. The van der Waals surface area contributed by atoms with E-state index < -0.39 is 0 Å². The van der Waals surface area contributed by atoms with Crippen LogP contribution in [0.4, 0.5) is 5.69 Å². The van der Waals surface area contributed by atoms with Crippen molar-refractivity contribution in [3.8, 4) is 17.1 Å². The number of halogens is 1. The molecule has 0 bridgehead atoms. The minimum atomic E-state index is 0.0625. The Hall–Kier alpha value is -2.32. The molecule has 4 rings (SSSR count). The summed E-state index contributed by atoms with van der Waals surface area (Å²) in [6.07, 6.45) is 0.893. The lowest BCUT2D eigenvalue weighted by Gasteiger charge is -2.17. The van der Waals surface area contributed by atoms with Crippen molar-refractivity contribution in [2.24, 2.45) is 0 Å². The van der Waals surface area contributed by atoms with Crippen molar-refractivity contribution in [1.82, 2.24) is 14.8 Å². The van der Waals surface area contributed by atoms with Gasteiger partial charge in [-0.15, -0.1) is 10.2 Å². The molecule has 1 aliphatic heterocycles. The van der Waals surface area contributed by atoms with E-state index in [9.17, 15) is 9.90 Å². The van der Waals surface area contributed by atoms with Crippen LogP contribution in [-0.4, -0.2) is 38.1 Å². The summed E-state index contributed by atoms with van der Waals surface area (Å²) in [7, 11) is 0. The lowest BCUT2D eigenvalue weighted by Crippen LogP contribution is -2.30. The third kappa shape index (κ3) is 3.54. The van der Waals surface area contributed by atoms with Crippen LogP contribution in [0.5, 0.6) is 5.75 Å². The summed E-state index contributed by atoms with van der Waals surface area (Å²) in [6.45, 7) is 3.35. The first-order valence-corrected chi connectivity index (χ1v) is 10.8. The standard InChI is InChI=1S/C20H19BrN4O2S/c1-2-24-19(15-11-14(21)7-8-17(15)26)22-23-20(24)28-12-18(27)25-10-9-13-5-3-4-6-16(13)25/h3-8,11,26H,2,9-10,12H2,1H3. The smallest absolute Gasteiger partial charge is 0.237 e. The van der Waals surface area contributed by atoms with Gasteiger partial charge in [0.2, 0.25) is 5.91 Å². The summed E-state index contributed by atoms with van der Waals surface area (Å²) in [5.41, 5.74) is 2.82. The van der Waals surface area contributed by atoms with Crippen LogP contribution in [0.15, 0.2) is 52.1 Å². The number of aromatic hydroxyl groups is 1. The number of phenolic OH excluding ortho intramolecular Hbond substituents is 1.